The van der Waals surface area contributed by atoms with Crippen LogP contribution in [0.3, 0.4) is 0 Å². The van der Waals surface area contributed by atoms with Gasteiger partial charge in [-0.3, -0.25) is 19.0 Å². The van der Waals surface area contributed by atoms with Crippen molar-refractivity contribution in [1.29, 1.82) is 0 Å². The maximum absolute atomic E-state index is 13.9. The molecule has 4 rings (SSSR count). The second-order valence-electron chi connectivity index (χ2n) is 9.20. The first kappa shape index (κ1) is 26.8. The van der Waals surface area contributed by atoms with Crippen LogP contribution in [0.25, 0.3) is 16.6 Å². The lowest BCUT2D eigenvalue weighted by Gasteiger charge is -2.32. The number of carbonyl (C=O) groups is 2. The molecule has 1 heterocycles. The number of hydrogen-bond donors (Lipinski definition) is 0. The van der Waals surface area contributed by atoms with Crippen molar-refractivity contribution in [3.8, 4) is 5.69 Å². The topological polar surface area (TPSA) is 81.5 Å². The fourth-order valence-corrected chi connectivity index (χ4v) is 4.67. The number of hydrogen-bond acceptors (Lipinski definition) is 5. The molecule has 0 saturated carbocycles. The third kappa shape index (κ3) is 5.99. The smallest absolute Gasteiger partial charge is 0.306 e. The summed E-state index contributed by atoms with van der Waals surface area (Å²) in [7, 11) is 0. The molecule has 1 atom stereocenters. The zero-order valence-corrected chi connectivity index (χ0v) is 22.1. The van der Waals surface area contributed by atoms with Gasteiger partial charge < -0.3 is 9.64 Å². The largest absolute Gasteiger partial charge is 0.466 e. The Morgan fingerprint density at radius 2 is 1.68 bits per heavy atom. The average Bonchev–Trinajstić information content (AvgIpc) is 2.92. The van der Waals surface area contributed by atoms with Crippen molar-refractivity contribution in [3.63, 3.8) is 0 Å². The van der Waals surface area contributed by atoms with Crippen LogP contribution in [0.2, 0.25) is 0 Å². The monoisotopic (exact) mass is 511 g/mol. The van der Waals surface area contributed by atoms with Crippen LogP contribution in [0.4, 0.5) is 0 Å². The van der Waals surface area contributed by atoms with Gasteiger partial charge in [-0.25, -0.2) is 4.98 Å². The maximum atomic E-state index is 13.9. The van der Waals surface area contributed by atoms with Crippen molar-refractivity contribution in [2.24, 2.45) is 0 Å². The molecule has 0 N–H and O–H groups in total. The molecule has 0 aliphatic rings. The quantitative estimate of drug-likeness (QED) is 0.262. The van der Waals surface area contributed by atoms with E-state index in [0.29, 0.717) is 35.4 Å². The number of rotatable bonds is 10. The molecule has 0 spiro atoms. The molecule has 3 aromatic carbocycles. The summed E-state index contributed by atoms with van der Waals surface area (Å²) in [6.07, 6.45) is 0.517. The van der Waals surface area contributed by atoms with Crippen LogP contribution >= 0.6 is 0 Å². The predicted molar refractivity (Wildman–Crippen MR) is 148 cm³/mol. The molecular formula is C31H33N3O4. The maximum Gasteiger partial charge on any atom is 0.306 e. The number of nitrogens with zero attached hydrogens (tertiary/aromatic N) is 3. The standard InChI is InChI=1S/C31H33N3O4/c1-4-27(33(21-23-13-7-6-8-14-23)28(35)18-19-29(36)38-5-2)30-32-26-17-10-9-16-25(26)31(37)34(30)24-15-11-12-22(3)20-24/h6-17,20,27H,4-5,18-19,21H2,1-3H3. The number of aromatic nitrogens is 2. The van der Waals surface area contributed by atoms with Gasteiger partial charge in [0.15, 0.2) is 0 Å². The van der Waals surface area contributed by atoms with E-state index in [9.17, 15) is 14.4 Å². The van der Waals surface area contributed by atoms with Gasteiger partial charge in [0.2, 0.25) is 5.91 Å². The van der Waals surface area contributed by atoms with Gasteiger partial charge in [0, 0.05) is 13.0 Å². The summed E-state index contributed by atoms with van der Waals surface area (Å²) in [5, 5.41) is 0.510. The van der Waals surface area contributed by atoms with E-state index in [1.807, 2.05) is 86.6 Å². The zero-order chi connectivity index (χ0) is 27.1. The molecule has 4 aromatic rings. The van der Waals surface area contributed by atoms with Gasteiger partial charge in [0.1, 0.15) is 5.82 Å². The Kier molecular flexibility index (Phi) is 8.69. The van der Waals surface area contributed by atoms with Crippen molar-refractivity contribution in [1.82, 2.24) is 14.5 Å². The van der Waals surface area contributed by atoms with Crippen LogP contribution in [0.5, 0.6) is 0 Å². The minimum atomic E-state index is -0.511. The second kappa shape index (κ2) is 12.3. The molecule has 7 nitrogen and oxygen atoms in total. The van der Waals surface area contributed by atoms with Crippen LogP contribution in [0.15, 0.2) is 83.7 Å². The summed E-state index contributed by atoms with van der Waals surface area (Å²) in [6.45, 7) is 6.27. The Morgan fingerprint density at radius 1 is 0.947 bits per heavy atom. The minimum Gasteiger partial charge on any atom is -0.466 e. The molecule has 0 bridgehead atoms. The molecule has 0 aliphatic heterocycles. The molecule has 1 unspecified atom stereocenters. The summed E-state index contributed by atoms with van der Waals surface area (Å²) in [6, 6.07) is 24.1. The Balaban J connectivity index is 1.86. The molecule has 0 radical (unpaired) electrons. The number of benzene rings is 3. The van der Waals surface area contributed by atoms with Crippen molar-refractivity contribution < 1.29 is 14.3 Å². The summed E-state index contributed by atoms with van der Waals surface area (Å²) in [4.78, 5) is 46.3. The molecule has 7 heteroatoms. The van der Waals surface area contributed by atoms with Crippen LogP contribution in [0.1, 0.15) is 56.1 Å². The van der Waals surface area contributed by atoms with Gasteiger partial charge in [0.25, 0.3) is 5.56 Å². The fraction of sp³-hybridized carbons (Fsp3) is 0.290. The van der Waals surface area contributed by atoms with Gasteiger partial charge >= 0.3 is 5.97 Å². The van der Waals surface area contributed by atoms with Crippen molar-refractivity contribution >= 4 is 22.8 Å². The lowest BCUT2D eigenvalue weighted by Crippen LogP contribution is -2.38. The van der Waals surface area contributed by atoms with E-state index >= 15 is 0 Å². The van der Waals surface area contributed by atoms with Crippen LogP contribution in [-0.4, -0.2) is 32.9 Å². The number of aryl methyl sites for hydroxylation is 1. The fourth-order valence-electron chi connectivity index (χ4n) is 4.67. The lowest BCUT2D eigenvalue weighted by atomic mass is 10.1. The molecular weight excluding hydrogens is 478 g/mol. The highest BCUT2D eigenvalue weighted by atomic mass is 16.5. The third-order valence-corrected chi connectivity index (χ3v) is 6.49. The molecule has 0 fully saturated rings. The summed E-state index contributed by atoms with van der Waals surface area (Å²) in [5.41, 5.74) is 3.04. The minimum absolute atomic E-state index is 0.00439. The van der Waals surface area contributed by atoms with Gasteiger partial charge in [-0.2, -0.15) is 0 Å². The zero-order valence-electron chi connectivity index (χ0n) is 22.1. The molecule has 0 aliphatic carbocycles. The SMILES string of the molecule is CCOC(=O)CCC(=O)N(Cc1ccccc1)C(CC)c1nc2ccccc2c(=O)n1-c1cccc(C)c1. The van der Waals surface area contributed by atoms with E-state index < -0.39 is 12.0 Å². The highest BCUT2D eigenvalue weighted by Crippen LogP contribution is 2.28. The Morgan fingerprint density at radius 3 is 2.39 bits per heavy atom. The van der Waals surface area contributed by atoms with Gasteiger partial charge in [0.05, 0.1) is 35.7 Å². The van der Waals surface area contributed by atoms with E-state index in [4.69, 9.17) is 9.72 Å². The molecule has 38 heavy (non-hydrogen) atoms. The first-order chi connectivity index (χ1) is 18.4. The van der Waals surface area contributed by atoms with E-state index in [1.165, 1.54) is 0 Å². The number of ether oxygens (including phenoxy) is 1. The molecule has 1 aromatic heterocycles. The molecule has 0 saturated heterocycles. The second-order valence-corrected chi connectivity index (χ2v) is 9.20. The van der Waals surface area contributed by atoms with Crippen LogP contribution < -0.4 is 5.56 Å². The molecule has 196 valence electrons. The third-order valence-electron chi connectivity index (χ3n) is 6.49. The van der Waals surface area contributed by atoms with Gasteiger partial charge in [-0.05, 0) is 55.7 Å². The van der Waals surface area contributed by atoms with E-state index in [0.717, 1.165) is 11.1 Å². The Hall–Kier alpha value is -4.26. The predicted octanol–water partition coefficient (Wildman–Crippen LogP) is 5.52. The Bertz CT molecular complexity index is 1480. The highest BCUT2D eigenvalue weighted by molar-refractivity contribution is 5.82. The van der Waals surface area contributed by atoms with Gasteiger partial charge in [-0.15, -0.1) is 0 Å². The van der Waals surface area contributed by atoms with Crippen molar-refractivity contribution in [3.05, 3.63) is 106 Å². The van der Waals surface area contributed by atoms with E-state index in [-0.39, 0.29) is 30.9 Å². The van der Waals surface area contributed by atoms with Crippen LogP contribution in [0, 0.1) is 6.92 Å². The number of carbonyl (C=O) groups excluding carboxylic acids is 2. The average molecular weight is 512 g/mol. The van der Waals surface area contributed by atoms with Crippen LogP contribution in [-0.2, 0) is 20.9 Å². The summed E-state index contributed by atoms with van der Waals surface area (Å²) in [5.74, 6) is -0.122. The number of fused-ring (bicyclic) bond motifs is 1. The van der Waals surface area contributed by atoms with Crippen molar-refractivity contribution in [2.45, 2.75) is 52.6 Å². The number of para-hydroxylation sites is 1. The summed E-state index contributed by atoms with van der Waals surface area (Å²) < 4.78 is 6.67. The normalized spacial score (nSPS) is 11.8. The van der Waals surface area contributed by atoms with E-state index in [1.54, 1.807) is 22.5 Å². The Labute approximate surface area is 222 Å². The lowest BCUT2D eigenvalue weighted by molar-refractivity contribution is -0.146. The number of amides is 1. The number of esters is 1. The first-order valence-electron chi connectivity index (χ1n) is 13.0. The van der Waals surface area contributed by atoms with Gasteiger partial charge in [-0.1, -0.05) is 61.5 Å². The van der Waals surface area contributed by atoms with Crippen molar-refractivity contribution in [2.75, 3.05) is 6.61 Å². The highest BCUT2D eigenvalue weighted by Gasteiger charge is 2.29. The molecule has 1 amide bonds. The first-order valence-corrected chi connectivity index (χ1v) is 13.0. The summed E-state index contributed by atoms with van der Waals surface area (Å²) >= 11 is 0. The van der Waals surface area contributed by atoms with E-state index in [2.05, 4.69) is 0 Å².